The smallest absolute Gasteiger partial charge is 0.434 e. The largest absolute Gasteiger partial charge is 2.00 e. The van der Waals surface area contributed by atoms with E-state index >= 15 is 0 Å². The minimum Gasteiger partial charge on any atom is -0.434 e. The van der Waals surface area contributed by atoms with E-state index in [1.807, 2.05) is 0 Å². The van der Waals surface area contributed by atoms with Gasteiger partial charge in [-0.25, -0.2) is 17.6 Å². The fraction of sp³-hybridized carbons (Fsp3) is 0.500. The van der Waals surface area contributed by atoms with Crippen LogP contribution in [0.15, 0.2) is 0 Å². The molecule has 0 heterocycles. The summed E-state index contributed by atoms with van der Waals surface area (Å²) in [6.07, 6.45) is -6.27. The summed E-state index contributed by atoms with van der Waals surface area (Å²) in [6.45, 7) is 0. The molecule has 0 saturated heterocycles. The molecule has 0 N–H and O–H groups in total. The van der Waals surface area contributed by atoms with Crippen LogP contribution >= 0.6 is 23.2 Å². The molecular formula is C4H2Cl2F6Fe. The summed E-state index contributed by atoms with van der Waals surface area (Å²) in [5.74, 6) is 0. The van der Waals surface area contributed by atoms with Crippen molar-refractivity contribution in [2.45, 2.75) is 12.9 Å². The monoisotopic (exact) mass is 290 g/mol. The fourth-order valence-corrected chi connectivity index (χ4v) is 0. The van der Waals surface area contributed by atoms with Crippen molar-refractivity contribution in [2.24, 2.45) is 0 Å². The molecule has 82 valence electrons. The maximum Gasteiger partial charge on any atom is 2.00 e. The van der Waals surface area contributed by atoms with Crippen molar-refractivity contribution in [3.8, 4) is 0 Å². The van der Waals surface area contributed by atoms with Crippen LogP contribution in [0.5, 0.6) is 0 Å². The first kappa shape index (κ1) is 19.3. The molecule has 0 fully saturated rings. The minimum absolute atomic E-state index is 0. The van der Waals surface area contributed by atoms with Gasteiger partial charge in [0.05, 0.1) is 0 Å². The van der Waals surface area contributed by atoms with Crippen LogP contribution in [0, 0.1) is 11.3 Å². The van der Waals surface area contributed by atoms with Crippen molar-refractivity contribution in [1.82, 2.24) is 0 Å². The summed E-state index contributed by atoms with van der Waals surface area (Å²) in [7, 11) is 0. The van der Waals surface area contributed by atoms with Gasteiger partial charge in [0.25, 0.3) is 0 Å². The van der Waals surface area contributed by atoms with Crippen LogP contribution in [0.25, 0.3) is 0 Å². The van der Waals surface area contributed by atoms with Gasteiger partial charge in [0.1, 0.15) is 0 Å². The third kappa shape index (κ3) is 19.2. The zero-order chi connectivity index (χ0) is 10.3. The van der Waals surface area contributed by atoms with Crippen molar-refractivity contribution < 1.29 is 43.4 Å². The molecule has 0 rings (SSSR count). The molecule has 0 aromatic carbocycles. The van der Waals surface area contributed by atoms with Crippen molar-refractivity contribution in [3.05, 3.63) is 11.3 Å². The van der Waals surface area contributed by atoms with Crippen molar-refractivity contribution in [1.29, 1.82) is 0 Å². The second kappa shape index (κ2) is 10.8. The standard InChI is InChI=1S/2C2HClF3.Fe/c2*3-1(4)2(5)6;/h2*2H;/q2*-1;+2. The molecule has 0 nitrogen and oxygen atoms in total. The molecule has 0 aromatic heterocycles. The number of hydrogen-bond acceptors (Lipinski definition) is 0. The Morgan fingerprint density at radius 3 is 0.846 bits per heavy atom. The molecule has 0 amide bonds. The second-order valence-electron chi connectivity index (χ2n) is 1.18. The van der Waals surface area contributed by atoms with Gasteiger partial charge >= 0.3 is 17.1 Å². The Balaban J connectivity index is -0.000000143. The van der Waals surface area contributed by atoms with E-state index in [9.17, 15) is 26.3 Å². The van der Waals surface area contributed by atoms with Gasteiger partial charge in [-0.05, 0) is 11.3 Å². The first-order valence-electron chi connectivity index (χ1n) is 2.21. The van der Waals surface area contributed by atoms with E-state index in [-0.39, 0.29) is 17.1 Å². The van der Waals surface area contributed by atoms with Crippen LogP contribution < -0.4 is 0 Å². The Labute approximate surface area is 91.0 Å². The van der Waals surface area contributed by atoms with Gasteiger partial charge in [-0.15, -0.1) is 0 Å². The topological polar surface area (TPSA) is 0 Å². The van der Waals surface area contributed by atoms with Crippen molar-refractivity contribution in [3.63, 3.8) is 0 Å². The molecule has 0 aliphatic heterocycles. The van der Waals surface area contributed by atoms with Gasteiger partial charge in [-0.2, -0.15) is 0 Å². The average molecular weight is 291 g/mol. The predicted octanol–water partition coefficient (Wildman–Crippen LogP) is 3.90. The predicted molar refractivity (Wildman–Crippen MR) is 32.4 cm³/mol. The van der Waals surface area contributed by atoms with E-state index in [1.54, 1.807) is 0 Å². The van der Waals surface area contributed by atoms with Crippen LogP contribution in [-0.4, -0.2) is 12.9 Å². The Morgan fingerprint density at radius 2 is 0.846 bits per heavy atom. The maximum atomic E-state index is 10.8. The van der Waals surface area contributed by atoms with Crippen LogP contribution in [0.3, 0.4) is 0 Å². The zero-order valence-corrected chi connectivity index (χ0v) is 8.15. The summed E-state index contributed by atoms with van der Waals surface area (Å²) in [5, 5.41) is 0. The van der Waals surface area contributed by atoms with Crippen LogP contribution in [0.4, 0.5) is 26.3 Å². The maximum absolute atomic E-state index is 10.8. The van der Waals surface area contributed by atoms with E-state index in [2.05, 4.69) is 23.2 Å². The molecule has 0 aliphatic carbocycles. The normalized spacial score (nSPS) is 10.2. The number of halogens is 8. The molecule has 0 saturated carbocycles. The summed E-state index contributed by atoms with van der Waals surface area (Å²) < 4.78 is 64.0. The van der Waals surface area contributed by atoms with Crippen molar-refractivity contribution in [2.75, 3.05) is 0 Å². The Morgan fingerprint density at radius 1 is 0.769 bits per heavy atom. The Bertz CT molecular complexity index is 76.6. The molecular weight excluding hydrogens is 289 g/mol. The van der Waals surface area contributed by atoms with Gasteiger partial charge in [-0.3, -0.25) is 0 Å². The average Bonchev–Trinajstić information content (AvgIpc) is 1.88. The van der Waals surface area contributed by atoms with E-state index < -0.39 is 24.1 Å². The summed E-state index contributed by atoms with van der Waals surface area (Å²) in [5.41, 5.74) is -3.70. The summed E-state index contributed by atoms with van der Waals surface area (Å²) in [4.78, 5) is 0. The number of rotatable bonds is 2. The summed E-state index contributed by atoms with van der Waals surface area (Å²) in [6, 6.07) is 0. The van der Waals surface area contributed by atoms with Crippen LogP contribution in [-0.2, 0) is 17.1 Å². The third-order valence-electron chi connectivity index (χ3n) is 0.330. The van der Waals surface area contributed by atoms with Crippen molar-refractivity contribution >= 4 is 23.2 Å². The third-order valence-corrected chi connectivity index (χ3v) is 0.660. The molecule has 0 radical (unpaired) electrons. The van der Waals surface area contributed by atoms with Crippen LogP contribution in [0.1, 0.15) is 0 Å². The van der Waals surface area contributed by atoms with E-state index in [4.69, 9.17) is 0 Å². The van der Waals surface area contributed by atoms with E-state index in [1.165, 1.54) is 0 Å². The first-order valence-corrected chi connectivity index (χ1v) is 2.96. The van der Waals surface area contributed by atoms with Gasteiger partial charge in [-0.1, -0.05) is 0 Å². The molecule has 13 heavy (non-hydrogen) atoms. The minimum atomic E-state index is -3.13. The molecule has 0 aliphatic rings. The molecule has 0 aromatic rings. The molecule has 0 unspecified atom stereocenters. The summed E-state index contributed by atoms with van der Waals surface area (Å²) >= 11 is 8.23. The molecule has 0 atom stereocenters. The zero-order valence-electron chi connectivity index (χ0n) is 5.53. The van der Waals surface area contributed by atoms with E-state index in [0.717, 1.165) is 0 Å². The van der Waals surface area contributed by atoms with E-state index in [0.29, 0.717) is 0 Å². The van der Waals surface area contributed by atoms with Gasteiger partial charge in [0.15, 0.2) is 12.9 Å². The molecule has 9 heteroatoms. The Kier molecular flexibility index (Phi) is 16.0. The second-order valence-corrected chi connectivity index (χ2v) is 1.90. The Hall–Kier alpha value is 0.679. The fourth-order valence-electron chi connectivity index (χ4n) is 0. The number of alkyl halides is 4. The quantitative estimate of drug-likeness (QED) is 0.411. The number of hydrogen-bond donors (Lipinski definition) is 0. The van der Waals surface area contributed by atoms with Crippen LogP contribution in [0.2, 0.25) is 0 Å². The molecule has 0 spiro atoms. The van der Waals surface area contributed by atoms with Gasteiger partial charge in [0, 0.05) is 0 Å². The van der Waals surface area contributed by atoms with Gasteiger partial charge in [0.2, 0.25) is 0 Å². The van der Waals surface area contributed by atoms with Gasteiger partial charge < -0.3 is 32.0 Å². The first-order chi connectivity index (χ1) is 5.29. The SMILES string of the molecule is F[C-](Cl)C(F)F.F[C-](Cl)C(F)F.[Fe+2]. The molecule has 0 bridgehead atoms.